The zero-order valence-electron chi connectivity index (χ0n) is 15.1. The molecule has 1 saturated heterocycles. The third kappa shape index (κ3) is 3.87. The Bertz CT molecular complexity index is 941. The average Bonchev–Trinajstić information content (AvgIpc) is 2.69. The first-order valence-corrected chi connectivity index (χ1v) is 9.20. The number of fused-ring (bicyclic) bond motifs is 1. The van der Waals surface area contributed by atoms with Gasteiger partial charge in [-0.2, -0.15) is 0 Å². The van der Waals surface area contributed by atoms with E-state index in [2.05, 4.69) is 42.2 Å². The van der Waals surface area contributed by atoms with Crippen LogP contribution in [0.3, 0.4) is 0 Å². The Morgan fingerprint density at radius 3 is 2.62 bits per heavy atom. The summed E-state index contributed by atoms with van der Waals surface area (Å²) in [4.78, 5) is 7.32. The largest absolute Gasteiger partial charge is 0.456 e. The molecule has 1 fully saturated rings. The van der Waals surface area contributed by atoms with Crippen molar-refractivity contribution in [3.05, 3.63) is 65.5 Å². The summed E-state index contributed by atoms with van der Waals surface area (Å²) in [6, 6.07) is 18.5. The van der Waals surface area contributed by atoms with Crippen LogP contribution in [-0.2, 0) is 4.74 Å². The molecule has 0 N–H and O–H groups in total. The highest BCUT2D eigenvalue weighted by molar-refractivity contribution is 5.79. The molecule has 0 unspecified atom stereocenters. The predicted molar refractivity (Wildman–Crippen MR) is 104 cm³/mol. The molecule has 0 aliphatic carbocycles. The van der Waals surface area contributed by atoms with Gasteiger partial charge in [0, 0.05) is 36.7 Å². The molecular weight excluding hydrogens is 324 g/mol. The summed E-state index contributed by atoms with van der Waals surface area (Å²) >= 11 is 0. The van der Waals surface area contributed by atoms with E-state index in [1.807, 2.05) is 24.3 Å². The molecule has 4 nitrogen and oxygen atoms in total. The number of nitrogens with zero attached hydrogens (tertiary/aromatic N) is 2. The lowest BCUT2D eigenvalue weighted by Gasteiger charge is -2.25. The lowest BCUT2D eigenvalue weighted by molar-refractivity contribution is 0.0394. The van der Waals surface area contributed by atoms with E-state index in [1.54, 1.807) is 0 Å². The maximum absolute atomic E-state index is 6.15. The van der Waals surface area contributed by atoms with E-state index in [0.29, 0.717) is 0 Å². The smallest absolute Gasteiger partial charge is 0.136 e. The topological polar surface area (TPSA) is 38.0 Å². The van der Waals surface area contributed by atoms with Crippen molar-refractivity contribution < 1.29 is 9.15 Å². The van der Waals surface area contributed by atoms with E-state index in [0.717, 1.165) is 67.0 Å². The van der Waals surface area contributed by atoms with Crippen LogP contribution in [0.15, 0.2) is 64.0 Å². The summed E-state index contributed by atoms with van der Waals surface area (Å²) in [5, 5.41) is 2.08. The Labute approximate surface area is 153 Å². The first-order valence-electron chi connectivity index (χ1n) is 9.20. The number of aryl methyl sites for hydroxylation is 1. The van der Waals surface area contributed by atoms with Gasteiger partial charge >= 0.3 is 0 Å². The molecule has 3 aromatic rings. The standard InChI is InChI=1S/C22H24N2O2/c1-17-7-8-21-19(15-17)20(23-9-10-24-11-13-25-14-12-24)16-22(26-21)18-5-3-2-4-6-18/h2-8,15-16H,9-14H2,1H3. The molecule has 1 aliphatic heterocycles. The fourth-order valence-electron chi connectivity index (χ4n) is 3.29. The lowest BCUT2D eigenvalue weighted by Crippen LogP contribution is -2.37. The highest BCUT2D eigenvalue weighted by Gasteiger charge is 2.09. The second-order valence-corrected chi connectivity index (χ2v) is 6.70. The maximum Gasteiger partial charge on any atom is 0.136 e. The van der Waals surface area contributed by atoms with Crippen molar-refractivity contribution in [2.75, 3.05) is 39.4 Å². The summed E-state index contributed by atoms with van der Waals surface area (Å²) < 4.78 is 11.6. The number of rotatable bonds is 4. The number of hydrogen-bond donors (Lipinski definition) is 0. The third-order valence-corrected chi connectivity index (χ3v) is 4.76. The van der Waals surface area contributed by atoms with Gasteiger partial charge in [0.2, 0.25) is 0 Å². The molecule has 0 amide bonds. The van der Waals surface area contributed by atoms with Gasteiger partial charge in [0.05, 0.1) is 25.1 Å². The summed E-state index contributed by atoms with van der Waals surface area (Å²) in [5.74, 6) is 0.854. The van der Waals surface area contributed by atoms with Crippen molar-refractivity contribution in [1.82, 2.24) is 4.90 Å². The molecule has 0 saturated carbocycles. The molecule has 0 atom stereocenters. The van der Waals surface area contributed by atoms with E-state index in [9.17, 15) is 0 Å². The van der Waals surface area contributed by atoms with Gasteiger partial charge in [0.15, 0.2) is 0 Å². The van der Waals surface area contributed by atoms with Gasteiger partial charge in [-0.15, -0.1) is 0 Å². The normalized spacial score (nSPS) is 16.3. The Balaban J connectivity index is 1.70. The van der Waals surface area contributed by atoms with Crippen molar-refractivity contribution in [2.45, 2.75) is 6.92 Å². The van der Waals surface area contributed by atoms with Gasteiger partial charge in [-0.1, -0.05) is 42.0 Å². The number of ether oxygens (including phenoxy) is 1. The Morgan fingerprint density at radius 2 is 1.81 bits per heavy atom. The summed E-state index contributed by atoms with van der Waals surface area (Å²) in [7, 11) is 0. The van der Waals surface area contributed by atoms with Crippen LogP contribution in [-0.4, -0.2) is 44.3 Å². The van der Waals surface area contributed by atoms with E-state index < -0.39 is 0 Å². The van der Waals surface area contributed by atoms with Crippen molar-refractivity contribution in [1.29, 1.82) is 0 Å². The van der Waals surface area contributed by atoms with Crippen molar-refractivity contribution in [3.63, 3.8) is 0 Å². The Kier molecular flexibility index (Phi) is 5.14. The van der Waals surface area contributed by atoms with Gasteiger partial charge in [-0.3, -0.25) is 9.89 Å². The van der Waals surface area contributed by atoms with E-state index in [-0.39, 0.29) is 0 Å². The second-order valence-electron chi connectivity index (χ2n) is 6.70. The number of hydrogen-bond acceptors (Lipinski definition) is 4. The molecule has 134 valence electrons. The maximum atomic E-state index is 6.15. The molecule has 1 aromatic heterocycles. The van der Waals surface area contributed by atoms with Gasteiger partial charge in [-0.05, 0) is 19.1 Å². The number of morpholine rings is 1. The fourth-order valence-corrected chi connectivity index (χ4v) is 3.29. The first kappa shape index (κ1) is 17.0. The van der Waals surface area contributed by atoms with Crippen LogP contribution < -0.4 is 5.36 Å². The van der Waals surface area contributed by atoms with Crippen LogP contribution in [0.5, 0.6) is 0 Å². The van der Waals surface area contributed by atoms with Crippen LogP contribution in [0.25, 0.3) is 22.3 Å². The first-order chi connectivity index (χ1) is 12.8. The van der Waals surface area contributed by atoms with Crippen molar-refractivity contribution >= 4 is 11.0 Å². The fraction of sp³-hybridized carbons (Fsp3) is 0.318. The molecule has 4 heteroatoms. The molecule has 0 spiro atoms. The van der Waals surface area contributed by atoms with Gasteiger partial charge in [0.1, 0.15) is 11.3 Å². The monoisotopic (exact) mass is 348 g/mol. The van der Waals surface area contributed by atoms with Gasteiger partial charge in [-0.25, -0.2) is 0 Å². The van der Waals surface area contributed by atoms with E-state index in [4.69, 9.17) is 14.1 Å². The predicted octanol–water partition coefficient (Wildman–Crippen LogP) is 3.64. The van der Waals surface area contributed by atoms with Crippen molar-refractivity contribution in [2.24, 2.45) is 4.99 Å². The minimum Gasteiger partial charge on any atom is -0.456 e. The molecule has 26 heavy (non-hydrogen) atoms. The van der Waals surface area contributed by atoms with Crippen LogP contribution >= 0.6 is 0 Å². The molecule has 4 rings (SSSR count). The van der Waals surface area contributed by atoms with E-state index >= 15 is 0 Å². The summed E-state index contributed by atoms with van der Waals surface area (Å²) in [6.45, 7) is 7.48. The van der Waals surface area contributed by atoms with Crippen LogP contribution in [0.1, 0.15) is 5.56 Å². The highest BCUT2D eigenvalue weighted by Crippen LogP contribution is 2.22. The molecule has 1 aliphatic rings. The molecule has 0 bridgehead atoms. The SMILES string of the molecule is Cc1ccc2oc(-c3ccccc3)cc(=NCCN3CCOCC3)c2c1. The van der Waals surface area contributed by atoms with Crippen LogP contribution in [0, 0.1) is 6.92 Å². The summed E-state index contributed by atoms with van der Waals surface area (Å²) in [6.07, 6.45) is 0. The second kappa shape index (κ2) is 7.85. The molecule has 2 aromatic carbocycles. The van der Waals surface area contributed by atoms with Crippen LogP contribution in [0.4, 0.5) is 0 Å². The number of benzene rings is 2. The minimum absolute atomic E-state index is 0.779. The highest BCUT2D eigenvalue weighted by atomic mass is 16.5. The zero-order valence-corrected chi connectivity index (χ0v) is 15.1. The van der Waals surface area contributed by atoms with Crippen molar-refractivity contribution in [3.8, 4) is 11.3 Å². The van der Waals surface area contributed by atoms with Crippen LogP contribution in [0.2, 0.25) is 0 Å². The molecular formula is C22H24N2O2. The minimum atomic E-state index is 0.779. The lowest BCUT2D eigenvalue weighted by atomic mass is 10.1. The Hall–Kier alpha value is -2.43. The molecule has 0 radical (unpaired) electrons. The van der Waals surface area contributed by atoms with Gasteiger partial charge in [0.25, 0.3) is 0 Å². The molecule has 2 heterocycles. The Morgan fingerprint density at radius 1 is 1.00 bits per heavy atom. The van der Waals surface area contributed by atoms with E-state index in [1.165, 1.54) is 5.56 Å². The third-order valence-electron chi connectivity index (χ3n) is 4.76. The zero-order chi connectivity index (χ0) is 17.8. The quantitative estimate of drug-likeness (QED) is 0.722. The van der Waals surface area contributed by atoms with Gasteiger partial charge < -0.3 is 9.15 Å². The summed E-state index contributed by atoms with van der Waals surface area (Å²) in [5.41, 5.74) is 3.16. The average molecular weight is 348 g/mol.